The molecule has 0 bridgehead atoms. The van der Waals surface area contributed by atoms with Gasteiger partial charge >= 0.3 is 0 Å². The molecule has 1 aromatic carbocycles. The lowest BCUT2D eigenvalue weighted by Gasteiger charge is -2.15. The molecule has 0 saturated carbocycles. The van der Waals surface area contributed by atoms with Gasteiger partial charge in [0.05, 0.1) is 6.61 Å². The van der Waals surface area contributed by atoms with Gasteiger partial charge in [-0.15, -0.1) is 0 Å². The van der Waals surface area contributed by atoms with Crippen LogP contribution in [0.25, 0.3) is 0 Å². The summed E-state index contributed by atoms with van der Waals surface area (Å²) in [6.45, 7) is 2.79. The number of hydrogen-bond donors (Lipinski definition) is 1. The molecule has 5 nitrogen and oxygen atoms in total. The van der Waals surface area contributed by atoms with E-state index in [9.17, 15) is 4.79 Å². The van der Waals surface area contributed by atoms with Crippen molar-refractivity contribution in [3.05, 3.63) is 46.3 Å². The Bertz CT molecular complexity index is 766. The average molecular weight is 326 g/mol. The number of fused-ring (bicyclic) bond motifs is 2. The molecule has 1 aliphatic carbocycles. The Hall–Kier alpha value is -2.30. The third-order valence-electron chi connectivity index (χ3n) is 4.84. The maximum atomic E-state index is 12.5. The minimum Gasteiger partial charge on any atom is -0.493 e. The van der Waals surface area contributed by atoms with Crippen molar-refractivity contribution in [3.63, 3.8) is 0 Å². The van der Waals surface area contributed by atoms with E-state index in [1.165, 1.54) is 11.1 Å². The van der Waals surface area contributed by atoms with E-state index >= 15 is 0 Å². The highest BCUT2D eigenvalue weighted by atomic mass is 16.5. The summed E-state index contributed by atoms with van der Waals surface area (Å²) in [4.78, 5) is 12.5. The number of ether oxygens (including phenoxy) is 1. The summed E-state index contributed by atoms with van der Waals surface area (Å²) >= 11 is 0. The fourth-order valence-corrected chi connectivity index (χ4v) is 3.63. The Morgan fingerprint density at radius 3 is 3.08 bits per heavy atom. The Kier molecular flexibility index (Phi) is 4.00. The van der Waals surface area contributed by atoms with E-state index in [1.54, 1.807) is 0 Å². The molecule has 1 aromatic heterocycles. The second kappa shape index (κ2) is 6.30. The van der Waals surface area contributed by atoms with Crippen molar-refractivity contribution in [1.82, 2.24) is 10.5 Å². The number of carbonyl (C=O) groups is 1. The molecule has 0 spiro atoms. The van der Waals surface area contributed by atoms with Gasteiger partial charge in [0.15, 0.2) is 5.69 Å². The van der Waals surface area contributed by atoms with Crippen LogP contribution in [0.15, 0.2) is 22.7 Å². The van der Waals surface area contributed by atoms with Crippen LogP contribution in [0.2, 0.25) is 0 Å². The van der Waals surface area contributed by atoms with E-state index < -0.39 is 0 Å². The molecule has 2 heterocycles. The molecule has 2 aliphatic rings. The Morgan fingerprint density at radius 1 is 1.29 bits per heavy atom. The number of nitrogens with zero attached hydrogens (tertiary/aromatic N) is 1. The van der Waals surface area contributed by atoms with Crippen LogP contribution in [-0.4, -0.2) is 23.7 Å². The highest BCUT2D eigenvalue weighted by Gasteiger charge is 2.24. The zero-order chi connectivity index (χ0) is 16.5. The number of rotatable bonds is 4. The zero-order valence-corrected chi connectivity index (χ0v) is 13.9. The van der Waals surface area contributed by atoms with Crippen molar-refractivity contribution < 1.29 is 14.1 Å². The number of aromatic nitrogens is 1. The smallest absolute Gasteiger partial charge is 0.273 e. The lowest BCUT2D eigenvalue weighted by atomic mass is 9.96. The van der Waals surface area contributed by atoms with E-state index in [4.69, 9.17) is 9.26 Å². The number of carbonyl (C=O) groups excluding carboxylic acids is 1. The number of benzene rings is 1. The Labute approximate surface area is 141 Å². The van der Waals surface area contributed by atoms with E-state index in [0.29, 0.717) is 5.69 Å². The largest absolute Gasteiger partial charge is 0.493 e. The van der Waals surface area contributed by atoms with Gasteiger partial charge in [0.1, 0.15) is 11.5 Å². The van der Waals surface area contributed by atoms with Crippen molar-refractivity contribution in [1.29, 1.82) is 0 Å². The number of nitrogens with one attached hydrogen (secondary N) is 1. The van der Waals surface area contributed by atoms with Crippen LogP contribution in [0.5, 0.6) is 5.75 Å². The lowest BCUT2D eigenvalue weighted by Crippen LogP contribution is -2.35. The molecule has 2 aromatic rings. The molecular weight excluding hydrogens is 304 g/mol. The molecule has 0 radical (unpaired) electrons. The number of amides is 1. The number of hydrogen-bond acceptors (Lipinski definition) is 4. The minimum atomic E-state index is -0.126. The summed E-state index contributed by atoms with van der Waals surface area (Å²) in [7, 11) is 0. The molecule has 0 unspecified atom stereocenters. The van der Waals surface area contributed by atoms with E-state index in [0.717, 1.165) is 62.2 Å². The second-order valence-electron chi connectivity index (χ2n) is 6.76. The summed E-state index contributed by atoms with van der Waals surface area (Å²) in [5.74, 6) is 1.75. The lowest BCUT2D eigenvalue weighted by molar-refractivity contribution is 0.0930. The van der Waals surface area contributed by atoms with Crippen LogP contribution in [-0.2, 0) is 25.7 Å². The van der Waals surface area contributed by atoms with Crippen LogP contribution in [0, 0.1) is 0 Å². The molecule has 1 aliphatic heterocycles. The summed E-state index contributed by atoms with van der Waals surface area (Å²) in [6.07, 6.45) is 5.75. The van der Waals surface area contributed by atoms with Crippen LogP contribution in [0.1, 0.15) is 52.7 Å². The maximum Gasteiger partial charge on any atom is 0.273 e. The van der Waals surface area contributed by atoms with E-state index in [2.05, 4.69) is 22.6 Å². The molecule has 4 rings (SSSR count). The van der Waals surface area contributed by atoms with E-state index in [1.807, 2.05) is 13.0 Å². The molecule has 1 atom stereocenters. The van der Waals surface area contributed by atoms with Crippen LogP contribution in [0.4, 0.5) is 0 Å². The molecule has 0 fully saturated rings. The topological polar surface area (TPSA) is 64.4 Å². The maximum absolute atomic E-state index is 12.5. The van der Waals surface area contributed by atoms with Gasteiger partial charge in [-0.05, 0) is 49.8 Å². The normalized spacial score (nSPS) is 16.9. The first-order chi connectivity index (χ1) is 11.7. The highest BCUT2D eigenvalue weighted by molar-refractivity contribution is 5.94. The van der Waals surface area contributed by atoms with Gasteiger partial charge in [0.25, 0.3) is 5.91 Å². The first-order valence-corrected chi connectivity index (χ1v) is 8.73. The van der Waals surface area contributed by atoms with Crippen molar-refractivity contribution >= 4 is 5.91 Å². The fraction of sp³-hybridized carbons (Fsp3) is 0.474. The van der Waals surface area contributed by atoms with Crippen molar-refractivity contribution in [3.8, 4) is 5.75 Å². The van der Waals surface area contributed by atoms with Crippen LogP contribution < -0.4 is 10.1 Å². The van der Waals surface area contributed by atoms with Crippen molar-refractivity contribution in [2.24, 2.45) is 0 Å². The SMILES string of the molecule is C[C@@H](Cc1ccc2c(c1)CCO2)NC(=O)c1noc2c1CCCC2. The minimum absolute atomic E-state index is 0.0359. The summed E-state index contributed by atoms with van der Waals surface area (Å²) in [5, 5.41) is 7.06. The Balaban J connectivity index is 1.41. The highest BCUT2D eigenvalue weighted by Crippen LogP contribution is 2.27. The molecular formula is C19H22N2O3. The predicted octanol–water partition coefficient (Wildman–Crippen LogP) is 2.85. The summed E-state index contributed by atoms with van der Waals surface area (Å²) < 4.78 is 10.9. The molecule has 1 N–H and O–H groups in total. The average Bonchev–Trinajstić information content (AvgIpc) is 3.20. The van der Waals surface area contributed by atoms with Gasteiger partial charge in [-0.25, -0.2) is 0 Å². The number of aryl methyl sites for hydroxylation is 1. The standard InChI is InChI=1S/C19H22N2O3/c1-12(10-13-6-7-16-14(11-13)8-9-23-16)20-19(22)18-15-4-2-3-5-17(15)24-21-18/h6-7,11-12H,2-5,8-10H2,1H3,(H,20,22)/t12-/m0/s1. The van der Waals surface area contributed by atoms with Gasteiger partial charge in [-0.2, -0.15) is 0 Å². The first kappa shape index (κ1) is 15.2. The van der Waals surface area contributed by atoms with Gasteiger partial charge < -0.3 is 14.6 Å². The summed E-state index contributed by atoms with van der Waals surface area (Å²) in [6, 6.07) is 6.32. The monoisotopic (exact) mass is 326 g/mol. The summed E-state index contributed by atoms with van der Waals surface area (Å²) in [5.41, 5.74) is 3.95. The van der Waals surface area contributed by atoms with Gasteiger partial charge in [0.2, 0.25) is 0 Å². The molecule has 126 valence electrons. The van der Waals surface area contributed by atoms with Crippen molar-refractivity contribution in [2.75, 3.05) is 6.61 Å². The van der Waals surface area contributed by atoms with E-state index in [-0.39, 0.29) is 11.9 Å². The van der Waals surface area contributed by atoms with Crippen molar-refractivity contribution in [2.45, 2.75) is 51.5 Å². The molecule has 5 heteroatoms. The fourth-order valence-electron chi connectivity index (χ4n) is 3.63. The van der Waals surface area contributed by atoms with Crippen LogP contribution in [0.3, 0.4) is 0 Å². The van der Waals surface area contributed by atoms with Gasteiger partial charge in [0, 0.05) is 24.4 Å². The second-order valence-corrected chi connectivity index (χ2v) is 6.76. The zero-order valence-electron chi connectivity index (χ0n) is 13.9. The molecule has 1 amide bonds. The Morgan fingerprint density at radius 2 is 2.17 bits per heavy atom. The molecule has 0 saturated heterocycles. The van der Waals surface area contributed by atoms with Gasteiger partial charge in [-0.1, -0.05) is 17.3 Å². The van der Waals surface area contributed by atoms with Crippen LogP contribution >= 0.6 is 0 Å². The molecule has 24 heavy (non-hydrogen) atoms. The third-order valence-corrected chi connectivity index (χ3v) is 4.84. The third kappa shape index (κ3) is 2.90. The predicted molar refractivity (Wildman–Crippen MR) is 89.4 cm³/mol. The van der Waals surface area contributed by atoms with Gasteiger partial charge in [-0.3, -0.25) is 4.79 Å². The first-order valence-electron chi connectivity index (χ1n) is 8.73. The quantitative estimate of drug-likeness (QED) is 0.938.